The molecule has 0 heterocycles. The molecule has 0 fully saturated rings. The Morgan fingerprint density at radius 3 is 1.89 bits per heavy atom. The van der Waals surface area contributed by atoms with Crippen LogP contribution in [0, 0.1) is 0 Å². The van der Waals surface area contributed by atoms with Crippen molar-refractivity contribution >= 4 is 12.0 Å². The van der Waals surface area contributed by atoms with Gasteiger partial charge in [-0.3, -0.25) is 9.69 Å². The molecule has 0 N–H and O–H groups in total. The molecule has 2 aromatic carbocycles. The third-order valence-electron chi connectivity index (χ3n) is 4.34. The van der Waals surface area contributed by atoms with E-state index in [0.29, 0.717) is 13.0 Å². The first kappa shape index (κ1) is 21.5. The van der Waals surface area contributed by atoms with Gasteiger partial charge in [-0.1, -0.05) is 60.7 Å². The molecule has 0 radical (unpaired) electrons. The summed E-state index contributed by atoms with van der Waals surface area (Å²) < 4.78 is 5.48. The number of likely N-dealkylation sites (N-methyl/N-ethyl adjacent to an activating group) is 2. The van der Waals surface area contributed by atoms with Crippen molar-refractivity contribution in [2.24, 2.45) is 0 Å². The number of rotatable bonds is 6. The highest BCUT2D eigenvalue weighted by molar-refractivity contribution is 5.85. The molecule has 2 aromatic rings. The average Bonchev–Trinajstić information content (AvgIpc) is 2.65. The third-order valence-corrected chi connectivity index (χ3v) is 4.34. The summed E-state index contributed by atoms with van der Waals surface area (Å²) in [6.45, 7) is 5.92. The number of nitrogens with zero attached hydrogens (tertiary/aromatic N) is 2. The minimum Gasteiger partial charge on any atom is -0.444 e. The Kier molecular flexibility index (Phi) is 7.21. The molecular formula is C23H30N2O3. The summed E-state index contributed by atoms with van der Waals surface area (Å²) in [4.78, 5) is 28.9. The van der Waals surface area contributed by atoms with Crippen LogP contribution in [0.15, 0.2) is 60.7 Å². The van der Waals surface area contributed by atoms with Gasteiger partial charge in [0.1, 0.15) is 11.6 Å². The molecule has 2 rings (SSSR count). The quantitative estimate of drug-likeness (QED) is 0.755. The van der Waals surface area contributed by atoms with E-state index in [9.17, 15) is 9.59 Å². The maximum atomic E-state index is 13.2. The number of carbonyl (C=O) groups is 2. The van der Waals surface area contributed by atoms with Gasteiger partial charge in [-0.05, 0) is 31.9 Å². The molecule has 0 bridgehead atoms. The first-order valence-corrected chi connectivity index (χ1v) is 9.46. The smallest absolute Gasteiger partial charge is 0.410 e. The van der Waals surface area contributed by atoms with Crippen LogP contribution in [-0.4, -0.2) is 47.5 Å². The molecule has 150 valence electrons. The average molecular weight is 383 g/mol. The molecule has 5 nitrogen and oxygen atoms in total. The van der Waals surface area contributed by atoms with Gasteiger partial charge in [-0.2, -0.15) is 0 Å². The van der Waals surface area contributed by atoms with E-state index in [1.54, 1.807) is 19.0 Å². The number of benzene rings is 2. The van der Waals surface area contributed by atoms with Crippen LogP contribution in [0.3, 0.4) is 0 Å². The van der Waals surface area contributed by atoms with Crippen LogP contribution < -0.4 is 0 Å². The largest absolute Gasteiger partial charge is 0.444 e. The lowest BCUT2D eigenvalue weighted by molar-refractivity contribution is -0.135. The summed E-state index contributed by atoms with van der Waals surface area (Å²) in [7, 11) is 3.38. The summed E-state index contributed by atoms with van der Waals surface area (Å²) in [5.41, 5.74) is 1.41. The Balaban J connectivity index is 2.21. The number of hydrogen-bond acceptors (Lipinski definition) is 3. The fraction of sp³-hybridized carbons (Fsp3) is 0.391. The van der Waals surface area contributed by atoms with Crippen LogP contribution in [0.25, 0.3) is 0 Å². The first-order valence-electron chi connectivity index (χ1n) is 9.46. The van der Waals surface area contributed by atoms with Gasteiger partial charge in [-0.25, -0.2) is 4.79 Å². The second-order valence-corrected chi connectivity index (χ2v) is 7.98. The molecule has 28 heavy (non-hydrogen) atoms. The Hall–Kier alpha value is -2.82. The van der Waals surface area contributed by atoms with E-state index in [1.165, 1.54) is 4.90 Å². The van der Waals surface area contributed by atoms with E-state index >= 15 is 0 Å². The van der Waals surface area contributed by atoms with Gasteiger partial charge in [0.15, 0.2) is 0 Å². The van der Waals surface area contributed by atoms with Gasteiger partial charge in [0.2, 0.25) is 5.91 Å². The molecule has 0 saturated carbocycles. The molecule has 1 unspecified atom stereocenters. The summed E-state index contributed by atoms with van der Waals surface area (Å²) in [5.74, 6) is -0.124. The molecular weight excluding hydrogens is 352 g/mol. The zero-order chi connectivity index (χ0) is 20.7. The van der Waals surface area contributed by atoms with Crippen molar-refractivity contribution in [1.82, 2.24) is 9.80 Å². The van der Waals surface area contributed by atoms with Crippen LogP contribution in [0.5, 0.6) is 0 Å². The summed E-state index contributed by atoms with van der Waals surface area (Å²) in [5, 5.41) is 0. The van der Waals surface area contributed by atoms with Gasteiger partial charge in [0.05, 0.1) is 0 Å². The molecule has 1 atom stereocenters. The molecule has 2 amide bonds. The highest BCUT2D eigenvalue weighted by Gasteiger charge is 2.32. The van der Waals surface area contributed by atoms with E-state index in [4.69, 9.17) is 4.74 Å². The second-order valence-electron chi connectivity index (χ2n) is 7.98. The molecule has 0 spiro atoms. The Morgan fingerprint density at radius 2 is 1.39 bits per heavy atom. The van der Waals surface area contributed by atoms with Crippen molar-refractivity contribution in [3.63, 3.8) is 0 Å². The fourth-order valence-corrected chi connectivity index (χ4v) is 2.88. The zero-order valence-electron chi connectivity index (χ0n) is 17.4. The monoisotopic (exact) mass is 382 g/mol. The van der Waals surface area contributed by atoms with E-state index in [0.717, 1.165) is 11.1 Å². The first-order chi connectivity index (χ1) is 13.2. The maximum Gasteiger partial charge on any atom is 0.410 e. The second kappa shape index (κ2) is 9.40. The van der Waals surface area contributed by atoms with Gasteiger partial charge in [-0.15, -0.1) is 0 Å². The topological polar surface area (TPSA) is 49.9 Å². The summed E-state index contributed by atoms with van der Waals surface area (Å²) in [6.07, 6.45) is -0.0796. The van der Waals surface area contributed by atoms with E-state index in [2.05, 4.69) is 0 Å². The third kappa shape index (κ3) is 6.41. The minimum absolute atomic E-state index is 0.124. The molecule has 0 aliphatic heterocycles. The lowest BCUT2D eigenvalue weighted by Gasteiger charge is -2.32. The van der Waals surface area contributed by atoms with Crippen molar-refractivity contribution in [3.05, 3.63) is 71.8 Å². The summed E-state index contributed by atoms with van der Waals surface area (Å²) >= 11 is 0. The standard InChI is InChI=1S/C23H30N2O3/c1-23(2,3)28-22(27)25(5)20(16-18-12-8-6-9-13-18)21(26)24(4)17-19-14-10-7-11-15-19/h6-15,20H,16-17H2,1-5H3. The predicted octanol–water partition coefficient (Wildman–Crippen LogP) is 4.12. The normalized spacial score (nSPS) is 12.2. The van der Waals surface area contributed by atoms with Gasteiger partial charge >= 0.3 is 6.09 Å². The molecule has 5 heteroatoms. The van der Waals surface area contributed by atoms with Crippen LogP contribution in [-0.2, 0) is 22.5 Å². The molecule has 0 aromatic heterocycles. The van der Waals surface area contributed by atoms with Crippen molar-refractivity contribution in [2.75, 3.05) is 14.1 Å². The zero-order valence-corrected chi connectivity index (χ0v) is 17.4. The van der Waals surface area contributed by atoms with Gasteiger partial charge < -0.3 is 9.64 Å². The Labute approximate surface area is 167 Å². The minimum atomic E-state index is -0.647. The van der Waals surface area contributed by atoms with Crippen LogP contribution >= 0.6 is 0 Å². The fourth-order valence-electron chi connectivity index (χ4n) is 2.88. The van der Waals surface area contributed by atoms with Crippen molar-refractivity contribution < 1.29 is 14.3 Å². The lowest BCUT2D eigenvalue weighted by atomic mass is 10.0. The number of carbonyl (C=O) groups excluding carboxylic acids is 2. The van der Waals surface area contributed by atoms with E-state index < -0.39 is 17.7 Å². The number of amides is 2. The lowest BCUT2D eigenvalue weighted by Crippen LogP contribution is -2.50. The number of ether oxygens (including phenoxy) is 1. The van der Waals surface area contributed by atoms with Crippen LogP contribution in [0.2, 0.25) is 0 Å². The van der Waals surface area contributed by atoms with Gasteiger partial charge in [0, 0.05) is 27.1 Å². The summed E-state index contributed by atoms with van der Waals surface area (Å²) in [6, 6.07) is 18.9. The highest BCUT2D eigenvalue weighted by atomic mass is 16.6. The Morgan fingerprint density at radius 1 is 0.893 bits per heavy atom. The predicted molar refractivity (Wildman–Crippen MR) is 111 cm³/mol. The maximum absolute atomic E-state index is 13.2. The number of hydrogen-bond donors (Lipinski definition) is 0. The molecule has 0 aliphatic rings. The molecule has 0 saturated heterocycles. The van der Waals surface area contributed by atoms with Crippen LogP contribution in [0.1, 0.15) is 31.9 Å². The van der Waals surface area contributed by atoms with Gasteiger partial charge in [0.25, 0.3) is 0 Å². The van der Waals surface area contributed by atoms with Crippen molar-refractivity contribution in [3.8, 4) is 0 Å². The highest BCUT2D eigenvalue weighted by Crippen LogP contribution is 2.16. The van der Waals surface area contributed by atoms with E-state index in [-0.39, 0.29) is 5.91 Å². The van der Waals surface area contributed by atoms with Crippen LogP contribution in [0.4, 0.5) is 4.79 Å². The Bertz CT molecular complexity index is 769. The van der Waals surface area contributed by atoms with Crippen molar-refractivity contribution in [1.29, 1.82) is 0 Å². The SMILES string of the molecule is CN(Cc1ccccc1)C(=O)C(Cc1ccccc1)N(C)C(=O)OC(C)(C)C. The van der Waals surface area contributed by atoms with Crippen molar-refractivity contribution in [2.45, 2.75) is 45.4 Å². The molecule has 0 aliphatic carbocycles. The van der Waals surface area contributed by atoms with E-state index in [1.807, 2.05) is 81.4 Å².